The average molecular weight is 874 g/mol. The van der Waals surface area contributed by atoms with E-state index < -0.39 is 5.41 Å². The van der Waals surface area contributed by atoms with Crippen LogP contribution in [0.25, 0.3) is 55.6 Å². The van der Waals surface area contributed by atoms with Gasteiger partial charge in [-0.2, -0.15) is 0 Å². The summed E-state index contributed by atoms with van der Waals surface area (Å²) in [6.45, 7) is 9.64. The van der Waals surface area contributed by atoms with Crippen LogP contribution in [0, 0.1) is 0 Å². The Balaban J connectivity index is 0.944. The number of nitrogens with zero attached hydrogens (tertiary/aromatic N) is 1. The third kappa shape index (κ3) is 5.34. The van der Waals surface area contributed by atoms with Gasteiger partial charge in [0.05, 0.1) is 5.41 Å². The average Bonchev–Trinajstić information content (AvgIpc) is 4.02. The van der Waals surface area contributed by atoms with E-state index in [2.05, 4.69) is 227 Å². The van der Waals surface area contributed by atoms with Gasteiger partial charge in [-0.15, -0.1) is 0 Å². The molecule has 68 heavy (non-hydrogen) atoms. The highest BCUT2D eigenvalue weighted by Gasteiger charge is 2.52. The molecule has 1 spiro atoms. The molecule has 1 nitrogen and oxygen atoms in total. The van der Waals surface area contributed by atoms with Crippen LogP contribution in [0.2, 0.25) is 0 Å². The number of fused-ring (bicyclic) bond motifs is 16. The van der Waals surface area contributed by atoms with E-state index in [1.165, 1.54) is 155 Å². The van der Waals surface area contributed by atoms with Crippen LogP contribution in [-0.2, 0) is 16.2 Å². The summed E-state index contributed by atoms with van der Waals surface area (Å²) in [5.74, 6) is 0.646. The predicted molar refractivity (Wildman–Crippen MR) is 284 cm³/mol. The molecule has 0 atom stereocenters. The van der Waals surface area contributed by atoms with Crippen molar-refractivity contribution in [3.05, 3.63) is 244 Å². The Morgan fingerprint density at radius 3 is 1.41 bits per heavy atom. The van der Waals surface area contributed by atoms with Crippen molar-refractivity contribution in [1.82, 2.24) is 0 Å². The van der Waals surface area contributed by atoms with Gasteiger partial charge in [0.2, 0.25) is 0 Å². The maximum Gasteiger partial charge on any atom is 0.0726 e. The Kier molecular flexibility index (Phi) is 8.45. The summed E-state index contributed by atoms with van der Waals surface area (Å²) in [6, 6.07) is 75.0. The molecular formula is C67H55N. The largest absolute Gasteiger partial charge is 0.310 e. The van der Waals surface area contributed by atoms with Gasteiger partial charge >= 0.3 is 0 Å². The van der Waals surface area contributed by atoms with E-state index in [0.29, 0.717) is 5.92 Å². The maximum absolute atomic E-state index is 2.55. The molecule has 5 aliphatic rings. The molecule has 9 aromatic carbocycles. The molecule has 14 rings (SSSR count). The SMILES string of the molecule is CC1(C)c2ccccc2-c2ccc(-c3cccc4c3-c3ccc(N(c5ccc(C6CCCCC6)cc5)c5ccc6c(c5)C5(c7ccccc7-c7ccccc75)c5ccccc5-6)cc3C4(C)C)cc21. The molecule has 0 amide bonds. The first-order valence-corrected chi connectivity index (χ1v) is 25.1. The summed E-state index contributed by atoms with van der Waals surface area (Å²) in [5, 5.41) is 0. The van der Waals surface area contributed by atoms with Crippen LogP contribution < -0.4 is 4.90 Å². The van der Waals surface area contributed by atoms with Gasteiger partial charge in [0.1, 0.15) is 0 Å². The number of rotatable bonds is 5. The van der Waals surface area contributed by atoms with Crippen molar-refractivity contribution in [1.29, 1.82) is 0 Å². The summed E-state index contributed by atoms with van der Waals surface area (Å²) < 4.78 is 0. The van der Waals surface area contributed by atoms with Crippen LogP contribution in [0.4, 0.5) is 17.1 Å². The first kappa shape index (κ1) is 39.9. The second kappa shape index (κ2) is 14.4. The monoisotopic (exact) mass is 873 g/mol. The van der Waals surface area contributed by atoms with E-state index in [1.54, 1.807) is 0 Å². The van der Waals surface area contributed by atoms with Crippen LogP contribution in [0.3, 0.4) is 0 Å². The van der Waals surface area contributed by atoms with Gasteiger partial charge in [0.25, 0.3) is 0 Å². The van der Waals surface area contributed by atoms with Gasteiger partial charge in [0, 0.05) is 27.9 Å². The van der Waals surface area contributed by atoms with Crippen LogP contribution in [-0.4, -0.2) is 0 Å². The quantitative estimate of drug-likeness (QED) is 0.167. The van der Waals surface area contributed by atoms with Crippen molar-refractivity contribution >= 4 is 17.1 Å². The summed E-state index contributed by atoms with van der Waals surface area (Å²) in [4.78, 5) is 2.55. The van der Waals surface area contributed by atoms with Crippen molar-refractivity contribution in [3.8, 4) is 55.6 Å². The van der Waals surface area contributed by atoms with Gasteiger partial charge in [-0.3, -0.25) is 0 Å². The topological polar surface area (TPSA) is 3.24 Å². The minimum atomic E-state index is -0.417. The zero-order valence-corrected chi connectivity index (χ0v) is 39.5. The fraction of sp³-hybridized carbons (Fsp3) is 0.194. The van der Waals surface area contributed by atoms with Gasteiger partial charge < -0.3 is 4.90 Å². The molecule has 328 valence electrons. The Morgan fingerprint density at radius 1 is 0.338 bits per heavy atom. The molecule has 1 heteroatoms. The zero-order valence-electron chi connectivity index (χ0n) is 39.5. The van der Waals surface area contributed by atoms with Gasteiger partial charge in [-0.1, -0.05) is 199 Å². The molecule has 9 aromatic rings. The summed E-state index contributed by atoms with van der Waals surface area (Å²) in [5.41, 5.74) is 28.8. The third-order valence-electron chi connectivity index (χ3n) is 17.3. The number of hydrogen-bond donors (Lipinski definition) is 0. The van der Waals surface area contributed by atoms with Crippen molar-refractivity contribution in [2.45, 2.75) is 82.0 Å². The lowest BCUT2D eigenvalue weighted by molar-refractivity contribution is 0.443. The first-order valence-electron chi connectivity index (χ1n) is 25.1. The fourth-order valence-electron chi connectivity index (χ4n) is 14.0. The number of benzene rings is 9. The minimum Gasteiger partial charge on any atom is -0.310 e. The van der Waals surface area contributed by atoms with E-state index in [0.717, 1.165) is 0 Å². The predicted octanol–water partition coefficient (Wildman–Crippen LogP) is 17.8. The highest BCUT2D eigenvalue weighted by molar-refractivity contribution is 5.98. The molecule has 0 unspecified atom stereocenters. The second-order valence-electron chi connectivity index (χ2n) is 21.4. The number of anilines is 3. The molecule has 1 fully saturated rings. The summed E-state index contributed by atoms with van der Waals surface area (Å²) >= 11 is 0. The molecule has 0 N–H and O–H groups in total. The lowest BCUT2D eigenvalue weighted by Crippen LogP contribution is -2.26. The standard InChI is InChI=1S/C67H55N/c1-65(2)56-24-12-8-19-49(56)53-36-31-44(39-61(53)65)48-23-16-28-60-64(48)55-38-35-46(40-62(55)66(60,3)4)68(45-32-29-43(30-33-45)42-17-6-5-7-18-42)47-34-37-54-52-22-11-15-27-59(52)67(63(54)41-47)57-25-13-9-20-50(57)51-21-10-14-26-58(51)67/h8-16,19-42H,5-7,17-18H2,1-4H3. The van der Waals surface area contributed by atoms with E-state index >= 15 is 0 Å². The van der Waals surface area contributed by atoms with Gasteiger partial charge in [-0.25, -0.2) is 0 Å². The van der Waals surface area contributed by atoms with E-state index in [1.807, 2.05) is 0 Å². The second-order valence-corrected chi connectivity index (χ2v) is 21.4. The van der Waals surface area contributed by atoms with Gasteiger partial charge in [0.15, 0.2) is 0 Å². The van der Waals surface area contributed by atoms with E-state index in [4.69, 9.17) is 0 Å². The highest BCUT2D eigenvalue weighted by atomic mass is 15.1. The molecule has 1 saturated carbocycles. The highest BCUT2D eigenvalue weighted by Crippen LogP contribution is 2.64. The van der Waals surface area contributed by atoms with Crippen molar-refractivity contribution in [3.63, 3.8) is 0 Å². The smallest absolute Gasteiger partial charge is 0.0726 e. The van der Waals surface area contributed by atoms with E-state index in [9.17, 15) is 0 Å². The van der Waals surface area contributed by atoms with Crippen molar-refractivity contribution in [2.24, 2.45) is 0 Å². The lowest BCUT2D eigenvalue weighted by Gasteiger charge is -2.32. The summed E-state index contributed by atoms with van der Waals surface area (Å²) in [6.07, 6.45) is 6.61. The minimum absolute atomic E-state index is 0.0610. The van der Waals surface area contributed by atoms with Crippen LogP contribution >= 0.6 is 0 Å². The maximum atomic E-state index is 2.55. The Labute approximate surface area is 401 Å². The molecule has 0 heterocycles. The fourth-order valence-corrected chi connectivity index (χ4v) is 14.0. The Hall–Kier alpha value is -7.22. The molecule has 5 aliphatic carbocycles. The normalized spacial score (nSPS) is 16.8. The lowest BCUT2D eigenvalue weighted by atomic mass is 9.70. The molecule has 0 aliphatic heterocycles. The molecule has 0 aromatic heterocycles. The van der Waals surface area contributed by atoms with Crippen LogP contribution in [0.5, 0.6) is 0 Å². The van der Waals surface area contributed by atoms with E-state index in [-0.39, 0.29) is 10.8 Å². The van der Waals surface area contributed by atoms with Gasteiger partial charge in [-0.05, 0) is 167 Å². The number of hydrogen-bond acceptors (Lipinski definition) is 1. The van der Waals surface area contributed by atoms with Crippen LogP contribution in [0.1, 0.15) is 116 Å². The summed E-state index contributed by atoms with van der Waals surface area (Å²) in [7, 11) is 0. The molecule has 0 bridgehead atoms. The first-order chi connectivity index (χ1) is 33.2. The Morgan fingerprint density at radius 2 is 0.779 bits per heavy atom. The third-order valence-corrected chi connectivity index (χ3v) is 17.3. The van der Waals surface area contributed by atoms with Crippen LogP contribution in [0.15, 0.2) is 194 Å². The van der Waals surface area contributed by atoms with Crippen molar-refractivity contribution < 1.29 is 0 Å². The molecular weight excluding hydrogens is 819 g/mol. The Bertz CT molecular complexity index is 3490. The molecule has 0 radical (unpaired) electrons. The van der Waals surface area contributed by atoms with Crippen molar-refractivity contribution in [2.75, 3.05) is 4.90 Å². The zero-order chi connectivity index (χ0) is 45.5. The molecule has 0 saturated heterocycles.